The first-order valence-corrected chi connectivity index (χ1v) is 3.23. The molecule has 0 aliphatic carbocycles. The first kappa shape index (κ1) is 8.26. The maximum absolute atomic E-state index is 10.4. The fourth-order valence-electron chi connectivity index (χ4n) is 0.762. The van der Waals surface area contributed by atoms with Gasteiger partial charge in [0.05, 0.1) is 18.0 Å². The molecule has 0 aromatic heterocycles. The number of carbonyl (C=O) groups is 1. The molecule has 1 aromatic rings. The second-order valence-electron chi connectivity index (χ2n) is 2.12. The highest BCUT2D eigenvalue weighted by Crippen LogP contribution is 2.08. The fourth-order valence-corrected chi connectivity index (χ4v) is 0.762. The van der Waals surface area contributed by atoms with Crippen molar-refractivity contribution in [3.8, 4) is 0 Å². The van der Waals surface area contributed by atoms with Crippen LogP contribution < -0.4 is 5.43 Å². The molecule has 2 N–H and O–H groups in total. The summed E-state index contributed by atoms with van der Waals surface area (Å²) in [5.74, 6) is -0.953. The van der Waals surface area contributed by atoms with Gasteiger partial charge in [0.1, 0.15) is 0 Å². The maximum Gasteiger partial charge on any atom is 0.335 e. The highest BCUT2D eigenvalue weighted by Gasteiger charge is 2.00. The molecule has 1 rings (SSSR count). The zero-order valence-electron chi connectivity index (χ0n) is 6.19. The van der Waals surface area contributed by atoms with Crippen LogP contribution in [0.3, 0.4) is 0 Å². The predicted octanol–water partition coefficient (Wildman–Crippen LogP) is 1.29. The number of hydrogen-bond acceptors (Lipinski definition) is 3. The Morgan fingerprint density at radius 2 is 2.00 bits per heavy atom. The molecule has 1 aromatic carbocycles. The summed E-state index contributed by atoms with van der Waals surface area (Å²) >= 11 is 0. The average Bonchev–Trinajstić information content (AvgIpc) is 2.06. The van der Waals surface area contributed by atoms with Gasteiger partial charge in [0, 0.05) is 0 Å². The normalized spacial score (nSPS) is 9.00. The van der Waals surface area contributed by atoms with E-state index in [9.17, 15) is 4.79 Å². The molecule has 0 spiro atoms. The summed E-state index contributed by atoms with van der Waals surface area (Å²) in [5.41, 5.74) is 3.37. The zero-order chi connectivity index (χ0) is 8.97. The Labute approximate surface area is 69.5 Å². The predicted molar refractivity (Wildman–Crippen MR) is 45.5 cm³/mol. The minimum atomic E-state index is -0.953. The van der Waals surface area contributed by atoms with Gasteiger partial charge >= 0.3 is 5.97 Å². The van der Waals surface area contributed by atoms with E-state index in [1.807, 2.05) is 0 Å². The standard InChI is InChI=1S/C8H7N2O2/c1-9-10-7-4-2-6(3-5-7)8(11)12/h1-5,10H,(H,11,12). The number of carboxylic acids is 1. The zero-order valence-corrected chi connectivity index (χ0v) is 6.19. The lowest BCUT2D eigenvalue weighted by atomic mass is 10.2. The van der Waals surface area contributed by atoms with Crippen LogP contribution in [0.5, 0.6) is 0 Å². The Kier molecular flexibility index (Phi) is 2.42. The number of nitrogens with zero attached hydrogens (tertiary/aromatic N) is 1. The van der Waals surface area contributed by atoms with Crippen LogP contribution in [0.15, 0.2) is 29.4 Å². The third-order valence-corrected chi connectivity index (χ3v) is 1.33. The summed E-state index contributed by atoms with van der Waals surface area (Å²) in [4.78, 5) is 10.4. The van der Waals surface area contributed by atoms with E-state index in [1.165, 1.54) is 12.1 Å². The topological polar surface area (TPSA) is 61.7 Å². The molecule has 0 atom stereocenters. The summed E-state index contributed by atoms with van der Waals surface area (Å²) in [5, 5.41) is 11.7. The largest absolute Gasteiger partial charge is 0.478 e. The molecule has 4 nitrogen and oxygen atoms in total. The number of aromatic carboxylic acids is 1. The first-order chi connectivity index (χ1) is 5.74. The van der Waals surface area contributed by atoms with E-state index >= 15 is 0 Å². The van der Waals surface area contributed by atoms with Crippen LogP contribution >= 0.6 is 0 Å². The molecule has 1 radical (unpaired) electrons. The lowest BCUT2D eigenvalue weighted by Gasteiger charge is -1.98. The highest BCUT2D eigenvalue weighted by molar-refractivity contribution is 5.87. The van der Waals surface area contributed by atoms with Gasteiger partial charge < -0.3 is 5.11 Å². The highest BCUT2D eigenvalue weighted by atomic mass is 16.4. The second-order valence-corrected chi connectivity index (χ2v) is 2.12. The second kappa shape index (κ2) is 3.52. The van der Waals surface area contributed by atoms with Crippen LogP contribution in [0.2, 0.25) is 0 Å². The van der Waals surface area contributed by atoms with Gasteiger partial charge in [-0.1, -0.05) is 0 Å². The summed E-state index contributed by atoms with van der Waals surface area (Å²) in [6, 6.07) is 6.10. The number of nitrogens with one attached hydrogen (secondary N) is 1. The minimum Gasteiger partial charge on any atom is -0.478 e. The Morgan fingerprint density at radius 3 is 2.42 bits per heavy atom. The van der Waals surface area contributed by atoms with Gasteiger partial charge in [0.2, 0.25) is 0 Å². The number of benzene rings is 1. The fraction of sp³-hybridized carbons (Fsp3) is 0. The number of hydrazone groups is 1. The van der Waals surface area contributed by atoms with E-state index in [1.54, 1.807) is 12.1 Å². The Balaban J connectivity index is 2.85. The van der Waals surface area contributed by atoms with Crippen molar-refractivity contribution >= 4 is 18.4 Å². The molecule has 0 aliphatic heterocycles. The Bertz CT molecular complexity index is 292. The van der Waals surface area contributed by atoms with E-state index in [0.717, 1.165) is 0 Å². The molecular weight excluding hydrogens is 156 g/mol. The van der Waals surface area contributed by atoms with Crippen molar-refractivity contribution < 1.29 is 9.90 Å². The molecule has 0 bridgehead atoms. The van der Waals surface area contributed by atoms with Crippen LogP contribution in [0.1, 0.15) is 10.4 Å². The smallest absolute Gasteiger partial charge is 0.335 e. The molecule has 12 heavy (non-hydrogen) atoms. The van der Waals surface area contributed by atoms with Crippen LogP contribution in [-0.4, -0.2) is 17.8 Å². The third kappa shape index (κ3) is 1.82. The molecule has 0 fully saturated rings. The summed E-state index contributed by atoms with van der Waals surface area (Å²) in [7, 11) is 0. The van der Waals surface area contributed by atoms with E-state index in [-0.39, 0.29) is 5.56 Å². The number of anilines is 1. The Morgan fingerprint density at radius 1 is 1.42 bits per heavy atom. The average molecular weight is 163 g/mol. The number of carboxylic acid groups (broad SMARTS) is 1. The van der Waals surface area contributed by atoms with Crippen molar-refractivity contribution in [3.05, 3.63) is 29.8 Å². The van der Waals surface area contributed by atoms with Crippen LogP contribution in [-0.2, 0) is 0 Å². The summed E-state index contributed by atoms with van der Waals surface area (Å²) in [6.07, 6.45) is 0. The molecule has 0 unspecified atom stereocenters. The lowest BCUT2D eigenvalue weighted by Crippen LogP contribution is -1.95. The SMILES string of the molecule is [CH]=NNc1ccc(C(=O)O)cc1. The summed E-state index contributed by atoms with van der Waals surface area (Å²) in [6.45, 7) is 4.86. The van der Waals surface area contributed by atoms with Crippen molar-refractivity contribution in [2.45, 2.75) is 0 Å². The lowest BCUT2D eigenvalue weighted by molar-refractivity contribution is 0.0697. The van der Waals surface area contributed by atoms with Gasteiger partial charge in [-0.15, -0.1) is 0 Å². The van der Waals surface area contributed by atoms with E-state index in [2.05, 4.69) is 10.5 Å². The summed E-state index contributed by atoms with van der Waals surface area (Å²) < 4.78 is 0. The maximum atomic E-state index is 10.4. The van der Waals surface area contributed by atoms with E-state index in [0.29, 0.717) is 5.69 Å². The number of hydrogen-bond donors (Lipinski definition) is 2. The minimum absolute atomic E-state index is 0.234. The van der Waals surface area contributed by atoms with Gasteiger partial charge in [-0.2, -0.15) is 5.10 Å². The van der Waals surface area contributed by atoms with Crippen LogP contribution in [0, 0.1) is 0 Å². The van der Waals surface area contributed by atoms with Crippen LogP contribution in [0.4, 0.5) is 5.69 Å². The monoisotopic (exact) mass is 163 g/mol. The third-order valence-electron chi connectivity index (χ3n) is 1.33. The van der Waals surface area contributed by atoms with Crippen molar-refractivity contribution in [3.63, 3.8) is 0 Å². The van der Waals surface area contributed by atoms with E-state index < -0.39 is 5.97 Å². The van der Waals surface area contributed by atoms with E-state index in [4.69, 9.17) is 11.8 Å². The quantitative estimate of drug-likeness (QED) is 0.521. The molecule has 4 heteroatoms. The van der Waals surface area contributed by atoms with Crippen LogP contribution in [0.25, 0.3) is 0 Å². The molecular formula is C8H7N2O2. The van der Waals surface area contributed by atoms with Gasteiger partial charge in [-0.05, 0) is 24.3 Å². The van der Waals surface area contributed by atoms with Gasteiger partial charge in [-0.25, -0.2) is 4.79 Å². The molecule has 0 amide bonds. The molecule has 0 saturated heterocycles. The van der Waals surface area contributed by atoms with Crippen molar-refractivity contribution in [1.82, 2.24) is 0 Å². The molecule has 0 saturated carbocycles. The van der Waals surface area contributed by atoms with Crippen molar-refractivity contribution in [2.24, 2.45) is 5.10 Å². The Hall–Kier alpha value is -1.84. The van der Waals surface area contributed by atoms with Crippen molar-refractivity contribution in [2.75, 3.05) is 5.43 Å². The van der Waals surface area contributed by atoms with Gasteiger partial charge in [0.25, 0.3) is 0 Å². The van der Waals surface area contributed by atoms with Gasteiger partial charge in [-0.3, -0.25) is 5.43 Å². The molecule has 0 heterocycles. The van der Waals surface area contributed by atoms with Gasteiger partial charge in [0.15, 0.2) is 0 Å². The molecule has 0 aliphatic rings. The van der Waals surface area contributed by atoms with Crippen molar-refractivity contribution in [1.29, 1.82) is 0 Å². The molecule has 61 valence electrons. The first-order valence-electron chi connectivity index (χ1n) is 3.23. The number of rotatable bonds is 3.